The van der Waals surface area contributed by atoms with Gasteiger partial charge in [-0.15, -0.1) is 0 Å². The summed E-state index contributed by atoms with van der Waals surface area (Å²) in [6.07, 6.45) is 2.58. The second-order valence-electron chi connectivity index (χ2n) is 7.04. The number of benzene rings is 1. The van der Waals surface area contributed by atoms with Gasteiger partial charge in [-0.1, -0.05) is 23.7 Å². The highest BCUT2D eigenvalue weighted by molar-refractivity contribution is 7.89. The van der Waals surface area contributed by atoms with Crippen molar-refractivity contribution in [3.05, 3.63) is 52.8 Å². The summed E-state index contributed by atoms with van der Waals surface area (Å²) in [7, 11) is -3.94. The van der Waals surface area contributed by atoms with Gasteiger partial charge in [-0.2, -0.15) is 4.31 Å². The van der Waals surface area contributed by atoms with E-state index < -0.39 is 15.9 Å². The molecule has 0 saturated carbocycles. The molecule has 3 rings (SSSR count). The molecule has 1 unspecified atom stereocenters. The van der Waals surface area contributed by atoms with E-state index in [4.69, 9.17) is 16.3 Å². The van der Waals surface area contributed by atoms with Gasteiger partial charge in [0.15, 0.2) is 0 Å². The maximum absolute atomic E-state index is 13.1. The number of amides is 1. The first-order valence-corrected chi connectivity index (χ1v) is 11.2. The van der Waals surface area contributed by atoms with Gasteiger partial charge in [-0.05, 0) is 56.0 Å². The molecule has 29 heavy (non-hydrogen) atoms. The highest BCUT2D eigenvalue weighted by Gasteiger charge is 2.31. The van der Waals surface area contributed by atoms with Crippen molar-refractivity contribution in [2.24, 2.45) is 0 Å². The van der Waals surface area contributed by atoms with Crippen LogP contribution in [0.25, 0.3) is 0 Å². The molecule has 0 bridgehead atoms. The maximum Gasteiger partial charge on any atom is 0.245 e. The molecule has 2 aromatic rings. The Balaban J connectivity index is 1.82. The van der Waals surface area contributed by atoms with E-state index in [1.807, 2.05) is 26.0 Å². The Hall–Kier alpha value is -2.00. The number of rotatable bonds is 7. The number of nitrogens with one attached hydrogen (secondary N) is 1. The fourth-order valence-electron chi connectivity index (χ4n) is 3.16. The number of carbonyl (C=O) groups excluding carboxylic acids is 1. The van der Waals surface area contributed by atoms with Gasteiger partial charge in [0, 0.05) is 25.0 Å². The lowest BCUT2D eigenvalue weighted by atomic mass is 10.1. The first-order valence-electron chi connectivity index (χ1n) is 9.37. The molecule has 1 atom stereocenters. The van der Waals surface area contributed by atoms with Crippen molar-refractivity contribution in [2.45, 2.75) is 37.7 Å². The summed E-state index contributed by atoms with van der Waals surface area (Å²) >= 11 is 5.78. The SMILES string of the molecule is Cc1cccc(NC(=O)CN(CC2CCCO2)S(=O)(=O)c2ccc(Cl)nc2)c1C. The van der Waals surface area contributed by atoms with E-state index >= 15 is 0 Å². The van der Waals surface area contributed by atoms with Crippen molar-refractivity contribution in [1.82, 2.24) is 9.29 Å². The zero-order valence-corrected chi connectivity index (χ0v) is 18.0. The number of ether oxygens (including phenoxy) is 1. The van der Waals surface area contributed by atoms with Gasteiger partial charge >= 0.3 is 0 Å². The van der Waals surface area contributed by atoms with E-state index in [1.165, 1.54) is 18.3 Å². The number of hydrogen-bond donors (Lipinski definition) is 1. The van der Waals surface area contributed by atoms with Gasteiger partial charge in [0.05, 0.1) is 12.6 Å². The Kier molecular flexibility index (Phi) is 6.89. The summed E-state index contributed by atoms with van der Waals surface area (Å²) in [5.41, 5.74) is 2.65. The third-order valence-corrected chi connectivity index (χ3v) is 6.99. The molecule has 1 aliphatic rings. The number of halogens is 1. The van der Waals surface area contributed by atoms with Gasteiger partial charge in [0.1, 0.15) is 10.0 Å². The summed E-state index contributed by atoms with van der Waals surface area (Å²) in [4.78, 5) is 16.5. The van der Waals surface area contributed by atoms with E-state index in [0.29, 0.717) is 12.3 Å². The molecule has 2 heterocycles. The summed E-state index contributed by atoms with van der Waals surface area (Å²) in [5.74, 6) is -0.415. The molecule has 0 radical (unpaired) electrons. The van der Waals surface area contributed by atoms with Gasteiger partial charge < -0.3 is 10.1 Å². The number of nitrogens with zero attached hydrogens (tertiary/aromatic N) is 2. The minimum atomic E-state index is -3.94. The molecule has 1 aromatic heterocycles. The second-order valence-corrected chi connectivity index (χ2v) is 9.37. The quantitative estimate of drug-likeness (QED) is 0.672. The van der Waals surface area contributed by atoms with Crippen molar-refractivity contribution >= 4 is 33.2 Å². The normalized spacial score (nSPS) is 16.9. The van der Waals surface area contributed by atoms with E-state index in [-0.39, 0.29) is 29.2 Å². The van der Waals surface area contributed by atoms with Gasteiger partial charge in [0.25, 0.3) is 0 Å². The number of pyridine rings is 1. The average Bonchev–Trinajstić information content (AvgIpc) is 3.18. The second kappa shape index (κ2) is 9.21. The summed E-state index contributed by atoms with van der Waals surface area (Å²) < 4.78 is 33.0. The number of aromatic nitrogens is 1. The number of carbonyl (C=O) groups is 1. The van der Waals surface area contributed by atoms with Crippen LogP contribution in [0.3, 0.4) is 0 Å². The smallest absolute Gasteiger partial charge is 0.245 e. The highest BCUT2D eigenvalue weighted by atomic mass is 35.5. The lowest BCUT2D eigenvalue weighted by molar-refractivity contribution is -0.116. The Labute approximate surface area is 176 Å². The van der Waals surface area contributed by atoms with E-state index in [1.54, 1.807) is 6.07 Å². The molecule has 1 amide bonds. The molecule has 0 aliphatic carbocycles. The Morgan fingerprint density at radius 2 is 2.10 bits per heavy atom. The Bertz CT molecular complexity index is 974. The molecule has 1 aromatic carbocycles. The molecule has 1 saturated heterocycles. The zero-order chi connectivity index (χ0) is 21.0. The Morgan fingerprint density at radius 3 is 2.76 bits per heavy atom. The van der Waals surface area contributed by atoms with Crippen molar-refractivity contribution in [3.63, 3.8) is 0 Å². The van der Waals surface area contributed by atoms with E-state index in [2.05, 4.69) is 10.3 Å². The van der Waals surface area contributed by atoms with Crippen molar-refractivity contribution in [2.75, 3.05) is 25.0 Å². The van der Waals surface area contributed by atoms with Crippen LogP contribution in [0.2, 0.25) is 5.15 Å². The lowest BCUT2D eigenvalue weighted by Gasteiger charge is -2.24. The fraction of sp³-hybridized carbons (Fsp3) is 0.400. The van der Waals surface area contributed by atoms with Crippen LogP contribution in [0.4, 0.5) is 5.69 Å². The molecule has 1 aliphatic heterocycles. The van der Waals surface area contributed by atoms with Crippen molar-refractivity contribution in [3.8, 4) is 0 Å². The fourth-order valence-corrected chi connectivity index (χ4v) is 4.65. The topological polar surface area (TPSA) is 88.6 Å². The largest absolute Gasteiger partial charge is 0.377 e. The minimum absolute atomic E-state index is 0.0144. The predicted molar refractivity (Wildman–Crippen MR) is 112 cm³/mol. The van der Waals surface area contributed by atoms with Crippen LogP contribution in [0, 0.1) is 13.8 Å². The molecule has 156 valence electrons. The number of hydrogen-bond acceptors (Lipinski definition) is 5. The molecule has 7 nitrogen and oxygen atoms in total. The monoisotopic (exact) mass is 437 g/mol. The Morgan fingerprint density at radius 1 is 1.31 bits per heavy atom. The van der Waals surface area contributed by atoms with Crippen LogP contribution < -0.4 is 5.32 Å². The minimum Gasteiger partial charge on any atom is -0.377 e. The molecular formula is C20H24ClN3O4S. The molecule has 1 fully saturated rings. The maximum atomic E-state index is 13.1. The molecule has 1 N–H and O–H groups in total. The lowest BCUT2D eigenvalue weighted by Crippen LogP contribution is -2.42. The summed E-state index contributed by atoms with van der Waals surface area (Å²) in [6, 6.07) is 8.39. The zero-order valence-electron chi connectivity index (χ0n) is 16.4. The summed E-state index contributed by atoms with van der Waals surface area (Å²) in [5, 5.41) is 3.01. The molecule has 0 spiro atoms. The van der Waals surface area contributed by atoms with E-state index in [0.717, 1.165) is 28.3 Å². The van der Waals surface area contributed by atoms with Crippen LogP contribution in [-0.2, 0) is 19.6 Å². The third-order valence-electron chi connectivity index (χ3n) is 4.97. The summed E-state index contributed by atoms with van der Waals surface area (Å²) in [6.45, 7) is 4.23. The van der Waals surface area contributed by atoms with Crippen LogP contribution in [-0.4, -0.2) is 49.4 Å². The van der Waals surface area contributed by atoms with Gasteiger partial charge in [-0.3, -0.25) is 4.79 Å². The van der Waals surface area contributed by atoms with Gasteiger partial charge in [0.2, 0.25) is 15.9 Å². The third kappa shape index (κ3) is 5.33. The van der Waals surface area contributed by atoms with E-state index in [9.17, 15) is 13.2 Å². The highest BCUT2D eigenvalue weighted by Crippen LogP contribution is 2.22. The van der Waals surface area contributed by atoms with Crippen LogP contribution in [0.15, 0.2) is 41.4 Å². The first kappa shape index (κ1) is 21.7. The van der Waals surface area contributed by atoms with Crippen LogP contribution in [0.5, 0.6) is 0 Å². The van der Waals surface area contributed by atoms with Gasteiger partial charge in [-0.25, -0.2) is 13.4 Å². The average molecular weight is 438 g/mol. The predicted octanol–water partition coefficient (Wildman–Crippen LogP) is 3.16. The molecule has 9 heteroatoms. The van der Waals surface area contributed by atoms with Crippen LogP contribution >= 0.6 is 11.6 Å². The number of anilines is 1. The standard InChI is InChI=1S/C20H24ClN3O4S/c1-14-5-3-7-18(15(14)2)23-20(25)13-24(12-16-6-4-10-28-16)29(26,27)17-8-9-19(21)22-11-17/h3,5,7-9,11,16H,4,6,10,12-13H2,1-2H3,(H,23,25). The van der Waals surface area contributed by atoms with Crippen molar-refractivity contribution < 1.29 is 17.9 Å². The van der Waals surface area contributed by atoms with Crippen molar-refractivity contribution in [1.29, 1.82) is 0 Å². The number of sulfonamides is 1. The first-order chi connectivity index (χ1) is 13.8. The number of aryl methyl sites for hydroxylation is 1. The van der Waals surface area contributed by atoms with Crippen LogP contribution in [0.1, 0.15) is 24.0 Å². The molecular weight excluding hydrogens is 414 g/mol.